The Balaban J connectivity index is 2.98. The minimum absolute atomic E-state index is 0.0435. The van der Waals surface area contributed by atoms with Gasteiger partial charge in [0.25, 0.3) is 10.1 Å². The molecule has 0 bridgehead atoms. The van der Waals surface area contributed by atoms with E-state index in [1.54, 1.807) is 6.07 Å². The average Bonchev–Trinajstić information content (AvgIpc) is 2.67. The molecule has 0 fully saturated rings. The van der Waals surface area contributed by atoms with Crippen LogP contribution < -0.4 is 0 Å². The maximum Gasteiger partial charge on any atom is 0.294 e. The highest BCUT2D eigenvalue weighted by Crippen LogP contribution is 2.39. The summed E-state index contributed by atoms with van der Waals surface area (Å²) in [6, 6.07) is 1.76. The van der Waals surface area contributed by atoms with Crippen molar-refractivity contribution >= 4 is 10.1 Å². The van der Waals surface area contributed by atoms with Gasteiger partial charge < -0.3 is 0 Å². The first-order valence-electron chi connectivity index (χ1n) is 12.7. The molecule has 0 aromatic heterocycles. The Labute approximate surface area is 193 Å². The molecule has 3 nitrogen and oxygen atoms in total. The van der Waals surface area contributed by atoms with Crippen molar-refractivity contribution < 1.29 is 13.0 Å². The zero-order chi connectivity index (χ0) is 23.6. The fourth-order valence-corrected chi connectivity index (χ4v) is 5.71. The highest BCUT2D eigenvalue weighted by atomic mass is 32.2. The zero-order valence-electron chi connectivity index (χ0n) is 21.3. The molecule has 0 aliphatic carbocycles. The molecule has 0 saturated heterocycles. The van der Waals surface area contributed by atoms with Crippen molar-refractivity contribution in [2.24, 2.45) is 0 Å². The van der Waals surface area contributed by atoms with E-state index in [2.05, 4.69) is 34.6 Å². The van der Waals surface area contributed by atoms with Gasteiger partial charge in [-0.2, -0.15) is 8.42 Å². The van der Waals surface area contributed by atoms with Crippen molar-refractivity contribution in [2.75, 3.05) is 0 Å². The number of benzene rings is 1. The lowest BCUT2D eigenvalue weighted by Crippen LogP contribution is -2.15. The first-order chi connectivity index (χ1) is 14.5. The first-order valence-corrected chi connectivity index (χ1v) is 14.1. The quantitative estimate of drug-likeness (QED) is 0.214. The Morgan fingerprint density at radius 3 is 1.55 bits per heavy atom. The minimum atomic E-state index is -4.25. The summed E-state index contributed by atoms with van der Waals surface area (Å²) in [6.07, 6.45) is 14.1. The van der Waals surface area contributed by atoms with E-state index in [0.717, 1.165) is 29.5 Å². The first kappa shape index (κ1) is 28.2. The molecule has 1 rings (SSSR count). The molecule has 1 aromatic carbocycles. The number of hydrogen-bond acceptors (Lipinski definition) is 2. The Hall–Kier alpha value is -0.870. The molecule has 0 spiro atoms. The molecular weight excluding hydrogens is 404 g/mol. The third-order valence-corrected chi connectivity index (χ3v) is 7.24. The summed E-state index contributed by atoms with van der Waals surface area (Å²) in [6.45, 7) is 14.8. The van der Waals surface area contributed by atoms with Crippen LogP contribution in [0.4, 0.5) is 0 Å². The lowest BCUT2D eigenvalue weighted by molar-refractivity contribution is 0.480. The summed E-state index contributed by atoms with van der Waals surface area (Å²) in [4.78, 5) is 0.113. The van der Waals surface area contributed by atoms with Crippen LogP contribution in [-0.4, -0.2) is 13.0 Å². The Morgan fingerprint density at radius 2 is 1.16 bits per heavy atom. The summed E-state index contributed by atoms with van der Waals surface area (Å²) in [5, 5.41) is 0. The van der Waals surface area contributed by atoms with Crippen molar-refractivity contribution in [2.45, 2.75) is 142 Å². The van der Waals surface area contributed by atoms with Gasteiger partial charge in [0.15, 0.2) is 0 Å². The number of hydrogen-bond donors (Lipinski definition) is 1. The second-order valence-electron chi connectivity index (χ2n) is 10.1. The van der Waals surface area contributed by atoms with Crippen molar-refractivity contribution in [3.05, 3.63) is 28.3 Å². The molecule has 0 amide bonds. The van der Waals surface area contributed by atoms with Crippen LogP contribution in [0.3, 0.4) is 0 Å². The van der Waals surface area contributed by atoms with E-state index >= 15 is 0 Å². The van der Waals surface area contributed by atoms with Gasteiger partial charge >= 0.3 is 0 Å². The number of rotatable bonds is 15. The second kappa shape index (κ2) is 13.6. The maximum absolute atomic E-state index is 12.2. The molecule has 0 radical (unpaired) electrons. The van der Waals surface area contributed by atoms with Crippen molar-refractivity contribution in [1.29, 1.82) is 0 Å². The molecule has 0 saturated carbocycles. The van der Waals surface area contributed by atoms with Crippen LogP contribution in [-0.2, 0) is 16.5 Å². The highest BCUT2D eigenvalue weighted by Gasteiger charge is 2.27. The topological polar surface area (TPSA) is 54.4 Å². The third-order valence-electron chi connectivity index (χ3n) is 6.35. The van der Waals surface area contributed by atoms with Crippen molar-refractivity contribution in [1.82, 2.24) is 0 Å². The third kappa shape index (κ3) is 8.88. The van der Waals surface area contributed by atoms with Gasteiger partial charge in [0.1, 0.15) is 0 Å². The van der Waals surface area contributed by atoms with E-state index < -0.39 is 10.1 Å². The lowest BCUT2D eigenvalue weighted by Gasteiger charge is -2.27. The predicted octanol–water partition coefficient (Wildman–Crippen LogP) is 8.77. The van der Waals surface area contributed by atoms with Crippen LogP contribution in [0.2, 0.25) is 0 Å². The average molecular weight is 453 g/mol. The highest BCUT2D eigenvalue weighted by molar-refractivity contribution is 7.85. The standard InChI is InChI=1S/C27H48O3S/c1-8-9-10-11-12-13-14-15-16-17-18-23-24(20(2)3)19-25(31(28,29)30)27(22(6)7)26(23)21(4)5/h19-22H,8-18H2,1-7H3,(H,28,29,30). The molecule has 180 valence electrons. The molecule has 31 heavy (non-hydrogen) atoms. The van der Waals surface area contributed by atoms with Crippen molar-refractivity contribution in [3.63, 3.8) is 0 Å². The summed E-state index contributed by atoms with van der Waals surface area (Å²) < 4.78 is 34.4. The van der Waals surface area contributed by atoms with Gasteiger partial charge in [-0.1, -0.05) is 106 Å². The Kier molecular flexibility index (Phi) is 12.4. The molecule has 0 aliphatic rings. The molecular formula is C27H48O3S. The molecule has 0 atom stereocenters. The van der Waals surface area contributed by atoms with Gasteiger partial charge in [-0.15, -0.1) is 0 Å². The molecule has 0 unspecified atom stereocenters. The maximum atomic E-state index is 12.2. The summed E-state index contributed by atoms with van der Waals surface area (Å²) in [5.74, 6) is 0.481. The van der Waals surface area contributed by atoms with Gasteiger partial charge in [-0.05, 0) is 58.9 Å². The van der Waals surface area contributed by atoms with Crippen molar-refractivity contribution in [3.8, 4) is 0 Å². The van der Waals surface area contributed by atoms with E-state index in [1.807, 2.05) is 13.8 Å². The summed E-state index contributed by atoms with van der Waals surface area (Å²) >= 11 is 0. The van der Waals surface area contributed by atoms with Gasteiger partial charge in [-0.3, -0.25) is 4.55 Å². The Morgan fingerprint density at radius 1 is 0.710 bits per heavy atom. The van der Waals surface area contributed by atoms with Crippen LogP contribution in [0.25, 0.3) is 0 Å². The normalized spacial score (nSPS) is 12.5. The van der Waals surface area contributed by atoms with Crippen LogP contribution in [0.1, 0.15) is 153 Å². The van der Waals surface area contributed by atoms with Gasteiger partial charge in [0.2, 0.25) is 0 Å². The van der Waals surface area contributed by atoms with Gasteiger partial charge in [0.05, 0.1) is 4.90 Å². The van der Waals surface area contributed by atoms with E-state index in [-0.39, 0.29) is 22.6 Å². The largest absolute Gasteiger partial charge is 0.294 e. The molecule has 4 heteroatoms. The fraction of sp³-hybridized carbons (Fsp3) is 0.778. The molecule has 0 aliphatic heterocycles. The summed E-state index contributed by atoms with van der Waals surface area (Å²) in [5.41, 5.74) is 4.35. The van der Waals surface area contributed by atoms with Crippen LogP contribution >= 0.6 is 0 Å². The molecule has 1 N–H and O–H groups in total. The SMILES string of the molecule is CCCCCCCCCCCCc1c(C(C)C)cc(S(=O)(=O)O)c(C(C)C)c1C(C)C. The van der Waals surface area contributed by atoms with Crippen LogP contribution in [0.15, 0.2) is 11.0 Å². The van der Waals surface area contributed by atoms with Gasteiger partial charge in [0, 0.05) is 0 Å². The van der Waals surface area contributed by atoms with E-state index in [9.17, 15) is 13.0 Å². The second-order valence-corrected chi connectivity index (χ2v) is 11.5. The zero-order valence-corrected chi connectivity index (χ0v) is 22.1. The number of unbranched alkanes of at least 4 members (excludes halogenated alkanes) is 9. The monoisotopic (exact) mass is 452 g/mol. The Bertz CT molecular complexity index is 761. The van der Waals surface area contributed by atoms with Crippen LogP contribution in [0.5, 0.6) is 0 Å². The fourth-order valence-electron chi connectivity index (χ4n) is 4.81. The van der Waals surface area contributed by atoms with Crippen LogP contribution in [0, 0.1) is 0 Å². The summed E-state index contributed by atoms with van der Waals surface area (Å²) in [7, 11) is -4.25. The smallest absolute Gasteiger partial charge is 0.282 e. The van der Waals surface area contributed by atoms with E-state index in [4.69, 9.17) is 0 Å². The molecule has 0 heterocycles. The minimum Gasteiger partial charge on any atom is -0.282 e. The molecule has 1 aromatic rings. The van der Waals surface area contributed by atoms with Gasteiger partial charge in [-0.25, -0.2) is 0 Å². The van der Waals surface area contributed by atoms with E-state index in [0.29, 0.717) is 0 Å². The predicted molar refractivity (Wildman–Crippen MR) is 134 cm³/mol. The van der Waals surface area contributed by atoms with E-state index in [1.165, 1.54) is 63.4 Å². The lowest BCUT2D eigenvalue weighted by atomic mass is 9.80.